The molecule has 1 unspecified atom stereocenters. The van der Waals surface area contributed by atoms with E-state index in [0.29, 0.717) is 15.6 Å². The van der Waals surface area contributed by atoms with Gasteiger partial charge in [0.05, 0.1) is 10.8 Å². The van der Waals surface area contributed by atoms with E-state index < -0.39 is 28.6 Å². The molecule has 0 fully saturated rings. The normalized spacial score (nSPS) is 14.4. The van der Waals surface area contributed by atoms with Crippen LogP contribution in [-0.4, -0.2) is 41.7 Å². The van der Waals surface area contributed by atoms with Gasteiger partial charge >= 0.3 is 5.97 Å². The summed E-state index contributed by atoms with van der Waals surface area (Å²) < 4.78 is 18.5. The van der Waals surface area contributed by atoms with Gasteiger partial charge in [0.2, 0.25) is 0 Å². The van der Waals surface area contributed by atoms with Gasteiger partial charge in [0.1, 0.15) is 18.0 Å². The first kappa shape index (κ1) is 20.7. The van der Waals surface area contributed by atoms with Crippen LogP contribution in [0, 0.1) is 0 Å². The first-order chi connectivity index (χ1) is 12.0. The van der Waals surface area contributed by atoms with E-state index in [1.54, 1.807) is 27.7 Å². The lowest BCUT2D eigenvalue weighted by atomic mass is 10.1. The summed E-state index contributed by atoms with van der Waals surface area (Å²) in [5, 5.41) is 9.61. The van der Waals surface area contributed by atoms with Crippen LogP contribution in [0.1, 0.15) is 52.4 Å². The van der Waals surface area contributed by atoms with E-state index in [-0.39, 0.29) is 29.8 Å². The van der Waals surface area contributed by atoms with E-state index in [4.69, 9.17) is 4.74 Å². The number of nitrogens with zero attached hydrogens (tertiary/aromatic N) is 3. The van der Waals surface area contributed by atoms with Crippen LogP contribution in [0.25, 0.3) is 10.3 Å². The second-order valence-electron chi connectivity index (χ2n) is 6.92. The van der Waals surface area contributed by atoms with Crippen LogP contribution >= 0.6 is 11.3 Å². The van der Waals surface area contributed by atoms with Crippen molar-refractivity contribution in [2.45, 2.75) is 63.1 Å². The van der Waals surface area contributed by atoms with Gasteiger partial charge in [-0.25, -0.2) is 9.97 Å². The highest BCUT2D eigenvalue weighted by Gasteiger charge is 2.22. The van der Waals surface area contributed by atoms with Crippen molar-refractivity contribution in [2.75, 3.05) is 6.26 Å². The van der Waals surface area contributed by atoms with Crippen molar-refractivity contribution in [3.8, 4) is 0 Å². The lowest BCUT2D eigenvalue weighted by molar-refractivity contribution is -0.155. The van der Waals surface area contributed by atoms with Crippen LogP contribution in [0.4, 0.5) is 0 Å². The molecule has 0 radical (unpaired) electrons. The van der Waals surface area contributed by atoms with E-state index in [1.165, 1.54) is 10.8 Å². The number of hydrogen-bond acceptors (Lipinski definition) is 8. The van der Waals surface area contributed by atoms with Gasteiger partial charge in [-0.1, -0.05) is 11.3 Å². The molecule has 0 bridgehead atoms. The highest BCUT2D eigenvalue weighted by atomic mass is 32.2. The van der Waals surface area contributed by atoms with Crippen LogP contribution < -0.4 is 5.56 Å². The van der Waals surface area contributed by atoms with Gasteiger partial charge in [0.15, 0.2) is 14.7 Å². The zero-order valence-electron chi connectivity index (χ0n) is 15.4. The molecule has 0 saturated carbocycles. The average molecular weight is 402 g/mol. The lowest BCUT2D eigenvalue weighted by Crippen LogP contribution is -2.29. The van der Waals surface area contributed by atoms with Crippen LogP contribution in [-0.2, 0) is 26.9 Å². The first-order valence-electron chi connectivity index (χ1n) is 8.11. The maximum Gasteiger partial charge on any atom is 0.306 e. The van der Waals surface area contributed by atoms with Gasteiger partial charge in [0.25, 0.3) is 5.56 Å². The van der Waals surface area contributed by atoms with Gasteiger partial charge in [-0.15, -0.1) is 0 Å². The fourth-order valence-corrected chi connectivity index (χ4v) is 4.06. The molecule has 2 aromatic rings. The third kappa shape index (κ3) is 4.74. The van der Waals surface area contributed by atoms with Crippen LogP contribution in [0.3, 0.4) is 0 Å². The van der Waals surface area contributed by atoms with Crippen molar-refractivity contribution >= 4 is 38.5 Å². The molecule has 26 heavy (non-hydrogen) atoms. The first-order valence-corrected chi connectivity index (χ1v) is 10.5. The summed E-state index contributed by atoms with van der Waals surface area (Å²) in [6.07, 6.45) is 1.97. The number of aliphatic hydroxyl groups excluding tert-OH is 1. The summed E-state index contributed by atoms with van der Waals surface area (Å²) in [5.41, 5.74) is -0.856. The van der Waals surface area contributed by atoms with E-state index in [2.05, 4.69) is 9.97 Å². The topological polar surface area (TPSA) is 111 Å². The Morgan fingerprint density at radius 3 is 2.58 bits per heavy atom. The number of carbonyl (C=O) groups excluding carboxylic acids is 1. The second kappa shape index (κ2) is 7.93. The van der Waals surface area contributed by atoms with Crippen LogP contribution in [0.2, 0.25) is 0 Å². The summed E-state index contributed by atoms with van der Waals surface area (Å²) in [6.45, 7) is 6.71. The molecule has 0 aromatic carbocycles. The molecule has 2 heterocycles. The molecule has 8 nitrogen and oxygen atoms in total. The number of carbonyl (C=O) groups is 1. The summed E-state index contributed by atoms with van der Waals surface area (Å²) in [4.78, 5) is 33.5. The maximum atomic E-state index is 12.8. The van der Waals surface area contributed by atoms with Gasteiger partial charge in [-0.2, -0.15) is 0 Å². The Hall–Kier alpha value is -1.65. The highest BCUT2D eigenvalue weighted by Crippen LogP contribution is 2.23. The summed E-state index contributed by atoms with van der Waals surface area (Å²) in [7, 11) is -1.32. The monoisotopic (exact) mass is 401 g/mol. The molecule has 2 rings (SSSR count). The van der Waals surface area contributed by atoms with Gasteiger partial charge in [-0.3, -0.25) is 18.4 Å². The molecule has 2 aromatic heterocycles. The number of fused-ring (bicyclic) bond motifs is 1. The Morgan fingerprint density at radius 2 is 2.04 bits per heavy atom. The minimum Gasteiger partial charge on any atom is -0.460 e. The Balaban J connectivity index is 2.32. The minimum absolute atomic E-state index is 0.126. The number of hydrogen-bond donors (Lipinski definition) is 1. The summed E-state index contributed by atoms with van der Waals surface area (Å²) in [5.74, 6) is -0.161. The second-order valence-corrected chi connectivity index (χ2v) is 9.45. The summed E-state index contributed by atoms with van der Waals surface area (Å²) >= 11 is 1.07. The SMILES string of the molecule is C[C@@H](CCC(=O)OC(C)(C)C)n1c(CO)nc2sc(S(C)=O)nc2c1=O. The molecule has 0 aliphatic heterocycles. The van der Waals surface area contributed by atoms with Gasteiger partial charge < -0.3 is 9.84 Å². The van der Waals surface area contributed by atoms with E-state index in [1.807, 2.05) is 0 Å². The number of thiazole rings is 1. The molecule has 1 N–H and O–H groups in total. The van der Waals surface area contributed by atoms with Crippen molar-refractivity contribution in [3.63, 3.8) is 0 Å². The van der Waals surface area contributed by atoms with Crippen molar-refractivity contribution in [3.05, 3.63) is 16.2 Å². The molecule has 0 amide bonds. The lowest BCUT2D eigenvalue weighted by Gasteiger charge is -2.21. The van der Waals surface area contributed by atoms with E-state index >= 15 is 0 Å². The van der Waals surface area contributed by atoms with Crippen molar-refractivity contribution in [1.29, 1.82) is 0 Å². The predicted molar refractivity (Wildman–Crippen MR) is 99.7 cm³/mol. The van der Waals surface area contributed by atoms with E-state index in [0.717, 1.165) is 11.3 Å². The van der Waals surface area contributed by atoms with Crippen LogP contribution in [0.5, 0.6) is 0 Å². The predicted octanol–water partition coefficient (Wildman–Crippen LogP) is 1.77. The molecule has 0 saturated heterocycles. The largest absolute Gasteiger partial charge is 0.460 e. The number of rotatable bonds is 6. The number of aromatic nitrogens is 3. The zero-order valence-corrected chi connectivity index (χ0v) is 17.1. The van der Waals surface area contributed by atoms with Gasteiger partial charge in [0, 0.05) is 18.7 Å². The third-order valence-electron chi connectivity index (χ3n) is 3.53. The Kier molecular flexibility index (Phi) is 6.30. The quantitative estimate of drug-likeness (QED) is 0.734. The Morgan fingerprint density at radius 1 is 1.38 bits per heavy atom. The standard InChI is InChI=1S/C16H23N3O5S2/c1-9(6-7-11(21)24-16(2,3)4)19-10(8-20)17-13-12(14(19)22)18-15(25-13)26(5)23/h9,20H,6-8H2,1-5H3/t9-,26?/m0/s1. The summed E-state index contributed by atoms with van der Waals surface area (Å²) in [6, 6.07) is -0.383. The molecule has 144 valence electrons. The third-order valence-corrected chi connectivity index (χ3v) is 5.82. The Labute approximate surface area is 157 Å². The molecule has 2 atom stereocenters. The highest BCUT2D eigenvalue weighted by molar-refractivity contribution is 7.86. The van der Waals surface area contributed by atoms with Crippen molar-refractivity contribution in [2.24, 2.45) is 0 Å². The Bertz CT molecular complexity index is 898. The zero-order chi connectivity index (χ0) is 19.6. The molecular formula is C16H23N3O5S2. The number of ether oxygens (including phenoxy) is 1. The van der Waals surface area contributed by atoms with Gasteiger partial charge in [-0.05, 0) is 34.1 Å². The minimum atomic E-state index is -1.32. The van der Waals surface area contributed by atoms with E-state index in [9.17, 15) is 18.9 Å². The number of aliphatic hydroxyl groups is 1. The molecule has 0 spiro atoms. The van der Waals surface area contributed by atoms with Crippen molar-refractivity contribution < 1.29 is 18.8 Å². The fourth-order valence-electron chi connectivity index (χ4n) is 2.45. The maximum absolute atomic E-state index is 12.8. The molecule has 0 aliphatic carbocycles. The fraction of sp³-hybridized carbons (Fsp3) is 0.625. The molecule has 10 heteroatoms. The smallest absolute Gasteiger partial charge is 0.306 e. The molecule has 0 aliphatic rings. The number of esters is 1. The molecular weight excluding hydrogens is 378 g/mol. The van der Waals surface area contributed by atoms with Crippen molar-refractivity contribution in [1.82, 2.24) is 14.5 Å². The average Bonchev–Trinajstić information content (AvgIpc) is 2.95. The van der Waals surface area contributed by atoms with Crippen LogP contribution in [0.15, 0.2) is 9.13 Å².